The highest BCUT2D eigenvalue weighted by Crippen LogP contribution is 2.54. The van der Waals surface area contributed by atoms with Gasteiger partial charge in [-0.25, -0.2) is 0 Å². The number of nitriles is 1. The highest BCUT2D eigenvalue weighted by Gasteiger charge is 2.67. The van der Waals surface area contributed by atoms with Crippen LogP contribution in [-0.2, 0) is 23.7 Å². The zero-order chi connectivity index (χ0) is 21.8. The van der Waals surface area contributed by atoms with E-state index >= 15 is 0 Å². The van der Waals surface area contributed by atoms with Gasteiger partial charge in [-0.3, -0.25) is 0 Å². The average molecular weight is 411 g/mol. The molecule has 30 heavy (non-hydrogen) atoms. The van der Waals surface area contributed by atoms with Crippen molar-refractivity contribution in [2.24, 2.45) is 0 Å². The number of nitrogens with zero attached hydrogens (tertiary/aromatic N) is 1. The zero-order valence-corrected chi connectivity index (χ0v) is 17.7. The Morgan fingerprint density at radius 3 is 1.90 bits per heavy atom. The van der Waals surface area contributed by atoms with Crippen LogP contribution in [0.2, 0.25) is 0 Å². The summed E-state index contributed by atoms with van der Waals surface area (Å²) in [7, 11) is 7.37. The molecule has 0 spiro atoms. The smallest absolute Gasteiger partial charge is 0.385 e. The number of ether oxygens (including phenoxy) is 6. The Morgan fingerprint density at radius 1 is 0.833 bits per heavy atom. The predicted molar refractivity (Wildman–Crippen MR) is 109 cm³/mol. The van der Waals surface area contributed by atoms with Gasteiger partial charge in [-0.15, -0.1) is 0 Å². The summed E-state index contributed by atoms with van der Waals surface area (Å²) in [5.41, 5.74) is 1.76. The minimum absolute atomic E-state index is 0.319. The molecule has 0 radical (unpaired) electrons. The van der Waals surface area contributed by atoms with Crippen LogP contribution in [0.4, 0.5) is 0 Å². The lowest BCUT2D eigenvalue weighted by atomic mass is 9.79. The van der Waals surface area contributed by atoms with Crippen LogP contribution in [0.15, 0.2) is 60.2 Å². The van der Waals surface area contributed by atoms with Gasteiger partial charge in [0.2, 0.25) is 0 Å². The van der Waals surface area contributed by atoms with E-state index < -0.39 is 17.7 Å². The van der Waals surface area contributed by atoms with Crippen LogP contribution in [0, 0.1) is 11.3 Å². The first-order valence-electron chi connectivity index (χ1n) is 9.29. The van der Waals surface area contributed by atoms with Crippen molar-refractivity contribution in [3.8, 4) is 11.8 Å². The van der Waals surface area contributed by atoms with E-state index in [1.165, 1.54) is 28.4 Å². The molecule has 0 saturated carbocycles. The lowest BCUT2D eigenvalue weighted by molar-refractivity contribution is -0.473. The van der Waals surface area contributed by atoms with Crippen LogP contribution < -0.4 is 4.74 Å². The van der Waals surface area contributed by atoms with Gasteiger partial charge in [0.25, 0.3) is 5.79 Å². The fraction of sp³-hybridized carbons (Fsp3) is 0.348. The van der Waals surface area contributed by atoms with Crippen LogP contribution in [0.1, 0.15) is 17.0 Å². The average Bonchev–Trinajstić information content (AvgIpc) is 2.83. The van der Waals surface area contributed by atoms with E-state index in [0.29, 0.717) is 22.6 Å². The van der Waals surface area contributed by atoms with Gasteiger partial charge in [-0.1, -0.05) is 42.5 Å². The Labute approximate surface area is 176 Å². The second-order valence-electron chi connectivity index (χ2n) is 6.57. The lowest BCUT2D eigenvalue weighted by Crippen LogP contribution is -2.65. The molecule has 0 unspecified atom stereocenters. The largest absolute Gasteiger partial charge is 0.497 e. The van der Waals surface area contributed by atoms with Crippen LogP contribution in [-0.4, -0.2) is 47.3 Å². The summed E-state index contributed by atoms with van der Waals surface area (Å²) < 4.78 is 34.6. The Kier molecular flexibility index (Phi) is 6.44. The second-order valence-corrected chi connectivity index (χ2v) is 6.57. The van der Waals surface area contributed by atoms with Crippen LogP contribution in [0.5, 0.6) is 5.75 Å². The first-order chi connectivity index (χ1) is 14.6. The SMILES string of the molecule is COc1ccc([C@H]2C(C#N)=C(c3ccccc3)OC(OC)(OC)C2(OC)OC)cc1. The summed E-state index contributed by atoms with van der Waals surface area (Å²) in [4.78, 5) is 0. The number of rotatable bonds is 7. The monoisotopic (exact) mass is 411 g/mol. The maximum Gasteiger partial charge on any atom is 0.385 e. The molecule has 0 amide bonds. The maximum atomic E-state index is 10.2. The fourth-order valence-corrected chi connectivity index (χ4v) is 3.88. The molecule has 3 rings (SSSR count). The molecular formula is C23H25NO6. The Bertz CT molecular complexity index is 924. The van der Waals surface area contributed by atoms with Crippen LogP contribution in [0.25, 0.3) is 5.76 Å². The highest BCUT2D eigenvalue weighted by atomic mass is 16.9. The molecule has 0 N–H and O–H groups in total. The first kappa shape index (κ1) is 21.8. The molecule has 0 aromatic heterocycles. The van der Waals surface area contributed by atoms with E-state index in [0.717, 1.165) is 5.56 Å². The van der Waals surface area contributed by atoms with Crippen molar-refractivity contribution >= 4 is 5.76 Å². The van der Waals surface area contributed by atoms with Gasteiger partial charge in [-0.05, 0) is 17.7 Å². The molecule has 1 aliphatic rings. The van der Waals surface area contributed by atoms with Crippen molar-refractivity contribution < 1.29 is 28.4 Å². The molecule has 0 saturated heterocycles. The van der Waals surface area contributed by atoms with Gasteiger partial charge in [0.05, 0.1) is 24.7 Å². The van der Waals surface area contributed by atoms with Crippen molar-refractivity contribution in [3.63, 3.8) is 0 Å². The lowest BCUT2D eigenvalue weighted by Gasteiger charge is -2.51. The molecule has 158 valence electrons. The molecule has 0 bridgehead atoms. The molecule has 1 atom stereocenters. The minimum Gasteiger partial charge on any atom is -0.497 e. The van der Waals surface area contributed by atoms with Crippen molar-refractivity contribution in [3.05, 3.63) is 71.3 Å². The standard InChI is InChI=1S/C23H25NO6/c1-25-18-13-11-16(12-14-18)20-19(15-24)21(17-9-7-6-8-10-17)30-23(28-4,29-5)22(20,26-2)27-3/h6-14,20H,1-5H3/t20-/m0/s1. The third-order valence-electron chi connectivity index (χ3n) is 5.33. The summed E-state index contributed by atoms with van der Waals surface area (Å²) in [5.74, 6) is -3.12. The molecule has 1 heterocycles. The van der Waals surface area contributed by atoms with Gasteiger partial charge in [0, 0.05) is 34.0 Å². The fourth-order valence-electron chi connectivity index (χ4n) is 3.88. The molecule has 2 aromatic rings. The number of methoxy groups -OCH3 is 5. The first-order valence-corrected chi connectivity index (χ1v) is 9.29. The number of hydrogen-bond acceptors (Lipinski definition) is 7. The van der Waals surface area contributed by atoms with Gasteiger partial charge in [-0.2, -0.15) is 5.26 Å². The molecule has 1 aliphatic heterocycles. The van der Waals surface area contributed by atoms with E-state index in [4.69, 9.17) is 28.4 Å². The van der Waals surface area contributed by atoms with Crippen LogP contribution >= 0.6 is 0 Å². The summed E-state index contributed by atoms with van der Waals surface area (Å²) in [6.07, 6.45) is 0. The Hall–Kier alpha value is -2.89. The van der Waals surface area contributed by atoms with Crippen molar-refractivity contribution in [1.29, 1.82) is 5.26 Å². The molecular weight excluding hydrogens is 386 g/mol. The van der Waals surface area contributed by atoms with Crippen molar-refractivity contribution in [2.45, 2.75) is 17.7 Å². The summed E-state index contributed by atoms with van der Waals surface area (Å²) >= 11 is 0. The number of benzene rings is 2. The van der Waals surface area contributed by atoms with Gasteiger partial charge < -0.3 is 28.4 Å². The highest BCUT2D eigenvalue weighted by molar-refractivity contribution is 5.71. The third kappa shape index (κ3) is 3.24. The van der Waals surface area contributed by atoms with E-state index in [1.54, 1.807) is 19.2 Å². The second kappa shape index (κ2) is 8.86. The van der Waals surface area contributed by atoms with E-state index in [9.17, 15) is 5.26 Å². The van der Waals surface area contributed by atoms with Gasteiger partial charge in [0.1, 0.15) is 11.5 Å². The van der Waals surface area contributed by atoms with Gasteiger partial charge in [0.15, 0.2) is 0 Å². The summed E-state index contributed by atoms with van der Waals surface area (Å²) in [6, 6.07) is 18.9. The van der Waals surface area contributed by atoms with E-state index in [1.807, 2.05) is 42.5 Å². The van der Waals surface area contributed by atoms with Crippen molar-refractivity contribution in [2.75, 3.05) is 35.5 Å². The van der Waals surface area contributed by atoms with E-state index in [2.05, 4.69) is 6.07 Å². The Morgan fingerprint density at radius 2 is 1.43 bits per heavy atom. The van der Waals surface area contributed by atoms with Crippen LogP contribution in [0.3, 0.4) is 0 Å². The maximum absolute atomic E-state index is 10.2. The summed E-state index contributed by atoms with van der Waals surface area (Å²) in [5, 5.41) is 10.2. The zero-order valence-electron chi connectivity index (χ0n) is 17.7. The molecule has 0 aliphatic carbocycles. The molecule has 7 nitrogen and oxygen atoms in total. The van der Waals surface area contributed by atoms with E-state index in [-0.39, 0.29) is 0 Å². The molecule has 2 aromatic carbocycles. The number of hydrogen-bond donors (Lipinski definition) is 0. The molecule has 7 heteroatoms. The quantitative estimate of drug-likeness (QED) is 0.643. The summed E-state index contributed by atoms with van der Waals surface area (Å²) in [6.45, 7) is 0. The third-order valence-corrected chi connectivity index (χ3v) is 5.33. The normalized spacial score (nSPS) is 19.7. The van der Waals surface area contributed by atoms with Crippen molar-refractivity contribution in [1.82, 2.24) is 0 Å². The predicted octanol–water partition coefficient (Wildman–Crippen LogP) is 3.68. The minimum atomic E-state index is -1.79. The topological polar surface area (TPSA) is 79.2 Å². The van der Waals surface area contributed by atoms with Gasteiger partial charge >= 0.3 is 5.97 Å². The molecule has 0 fully saturated rings. The Balaban J connectivity index is 2.36.